The molecule has 0 spiro atoms. The zero-order valence-corrected chi connectivity index (χ0v) is 14.3. The van der Waals surface area contributed by atoms with Crippen molar-refractivity contribution in [2.75, 3.05) is 20.8 Å². The van der Waals surface area contributed by atoms with Gasteiger partial charge in [-0.05, 0) is 18.9 Å². The van der Waals surface area contributed by atoms with Crippen molar-refractivity contribution in [2.24, 2.45) is 0 Å². The second-order valence-electron chi connectivity index (χ2n) is 6.18. The molecule has 2 N–H and O–H groups in total. The van der Waals surface area contributed by atoms with Gasteiger partial charge in [0.2, 0.25) is 0 Å². The van der Waals surface area contributed by atoms with E-state index < -0.39 is 0 Å². The largest absolute Gasteiger partial charge is 0.497 e. The number of fused-ring (bicyclic) bond motifs is 2. The first-order valence-electron chi connectivity index (χ1n) is 8.24. The molecule has 0 fully saturated rings. The topological polar surface area (TPSA) is 83.2 Å². The van der Waals surface area contributed by atoms with Crippen molar-refractivity contribution in [2.45, 2.75) is 19.4 Å². The van der Waals surface area contributed by atoms with E-state index in [4.69, 9.17) is 9.47 Å². The van der Waals surface area contributed by atoms with E-state index in [1.165, 1.54) is 0 Å². The number of benzene rings is 1. The molecule has 130 valence electrons. The molecule has 0 saturated heterocycles. The molecule has 1 aliphatic rings. The molecule has 0 bridgehead atoms. The lowest BCUT2D eigenvalue weighted by Gasteiger charge is -2.19. The molecule has 0 aliphatic carbocycles. The van der Waals surface area contributed by atoms with Crippen LogP contribution >= 0.6 is 0 Å². The zero-order chi connectivity index (χ0) is 17.4. The summed E-state index contributed by atoms with van der Waals surface area (Å²) in [7, 11) is 3.22. The highest BCUT2D eigenvalue weighted by molar-refractivity contribution is 6.00. The third-order valence-corrected chi connectivity index (χ3v) is 4.67. The Morgan fingerprint density at radius 2 is 2.12 bits per heavy atom. The predicted octanol–water partition coefficient (Wildman–Crippen LogP) is 2.50. The van der Waals surface area contributed by atoms with Gasteiger partial charge in [0.25, 0.3) is 5.91 Å². The molecule has 7 nitrogen and oxygen atoms in total. The number of methoxy groups -OCH3 is 2. The van der Waals surface area contributed by atoms with Crippen molar-refractivity contribution in [3.63, 3.8) is 0 Å². The number of H-pyrrole nitrogens is 2. The van der Waals surface area contributed by atoms with Crippen LogP contribution in [-0.2, 0) is 13.0 Å². The fourth-order valence-corrected chi connectivity index (χ4v) is 3.35. The van der Waals surface area contributed by atoms with Crippen molar-refractivity contribution < 1.29 is 14.3 Å². The van der Waals surface area contributed by atoms with Crippen LogP contribution in [0.3, 0.4) is 0 Å². The molecule has 0 radical (unpaired) electrons. The molecule has 2 aromatic heterocycles. The van der Waals surface area contributed by atoms with Gasteiger partial charge in [0.1, 0.15) is 17.2 Å². The zero-order valence-electron chi connectivity index (χ0n) is 14.3. The Bertz CT molecular complexity index is 928. The number of nitrogens with one attached hydrogen (secondary N) is 2. The lowest BCUT2D eigenvalue weighted by Crippen LogP contribution is -2.30. The molecule has 3 aromatic rings. The quantitative estimate of drug-likeness (QED) is 0.767. The summed E-state index contributed by atoms with van der Waals surface area (Å²) in [6.45, 7) is 1.29. The molecule has 0 atom stereocenters. The number of amides is 1. The lowest BCUT2D eigenvalue weighted by molar-refractivity contribution is 0.0741. The number of hydrogen-bond donors (Lipinski definition) is 2. The summed E-state index contributed by atoms with van der Waals surface area (Å²) < 4.78 is 10.7. The van der Waals surface area contributed by atoms with Gasteiger partial charge in [-0.25, -0.2) is 0 Å². The van der Waals surface area contributed by atoms with Gasteiger partial charge in [0, 0.05) is 41.9 Å². The van der Waals surface area contributed by atoms with Crippen molar-refractivity contribution >= 4 is 16.8 Å². The number of aryl methyl sites for hydroxylation is 1. The number of nitrogens with zero attached hydrogens (tertiary/aromatic N) is 2. The molecule has 0 unspecified atom stereocenters. The maximum absolute atomic E-state index is 13.0. The number of carbonyl (C=O) groups is 1. The van der Waals surface area contributed by atoms with Crippen molar-refractivity contribution in [3.05, 3.63) is 41.3 Å². The Morgan fingerprint density at radius 1 is 1.24 bits per heavy atom. The first-order chi connectivity index (χ1) is 12.2. The second kappa shape index (κ2) is 6.16. The minimum atomic E-state index is -0.0220. The summed E-state index contributed by atoms with van der Waals surface area (Å²) in [5, 5.41) is 7.97. The Kier molecular flexibility index (Phi) is 3.83. The minimum Gasteiger partial charge on any atom is -0.497 e. The van der Waals surface area contributed by atoms with Gasteiger partial charge in [0.15, 0.2) is 0 Å². The van der Waals surface area contributed by atoms with Crippen molar-refractivity contribution in [1.82, 2.24) is 20.1 Å². The summed E-state index contributed by atoms with van der Waals surface area (Å²) in [4.78, 5) is 18.1. The van der Waals surface area contributed by atoms with E-state index >= 15 is 0 Å². The third-order valence-electron chi connectivity index (χ3n) is 4.67. The smallest absolute Gasteiger partial charge is 0.270 e. The van der Waals surface area contributed by atoms with E-state index in [-0.39, 0.29) is 5.91 Å². The SMILES string of the molecule is COc1cc(OC)c2cc(C(=O)N3CCCc4[nH]ncc4C3)[nH]c2c1. The van der Waals surface area contributed by atoms with E-state index in [9.17, 15) is 4.79 Å². The van der Waals surface area contributed by atoms with E-state index in [1.807, 2.05) is 23.1 Å². The lowest BCUT2D eigenvalue weighted by atomic mass is 10.2. The normalized spacial score (nSPS) is 14.2. The van der Waals surface area contributed by atoms with Crippen LogP contribution in [0.4, 0.5) is 0 Å². The summed E-state index contributed by atoms with van der Waals surface area (Å²) >= 11 is 0. The average Bonchev–Trinajstić information content (AvgIpc) is 3.21. The number of aromatic nitrogens is 3. The number of rotatable bonds is 3. The van der Waals surface area contributed by atoms with E-state index in [0.717, 1.165) is 41.5 Å². The number of hydrogen-bond acceptors (Lipinski definition) is 4. The molecule has 7 heteroatoms. The van der Waals surface area contributed by atoms with E-state index in [0.29, 0.717) is 23.7 Å². The van der Waals surface area contributed by atoms with Gasteiger partial charge in [-0.3, -0.25) is 9.89 Å². The van der Waals surface area contributed by atoms with Gasteiger partial charge in [-0.15, -0.1) is 0 Å². The van der Waals surface area contributed by atoms with Crippen LogP contribution in [0.25, 0.3) is 10.9 Å². The van der Waals surface area contributed by atoms with Gasteiger partial charge in [-0.1, -0.05) is 0 Å². The Labute approximate surface area is 144 Å². The van der Waals surface area contributed by atoms with Crippen molar-refractivity contribution in [3.8, 4) is 11.5 Å². The highest BCUT2D eigenvalue weighted by Gasteiger charge is 2.23. The van der Waals surface area contributed by atoms with Gasteiger partial charge in [-0.2, -0.15) is 5.10 Å². The van der Waals surface area contributed by atoms with Crippen LogP contribution < -0.4 is 9.47 Å². The Morgan fingerprint density at radius 3 is 2.92 bits per heavy atom. The fourth-order valence-electron chi connectivity index (χ4n) is 3.35. The van der Waals surface area contributed by atoms with Crippen LogP contribution in [-0.4, -0.2) is 46.8 Å². The predicted molar refractivity (Wildman–Crippen MR) is 93.1 cm³/mol. The average molecular weight is 340 g/mol. The van der Waals surface area contributed by atoms with Crippen LogP contribution in [0.2, 0.25) is 0 Å². The molecule has 4 rings (SSSR count). The van der Waals surface area contributed by atoms with E-state index in [2.05, 4.69) is 15.2 Å². The number of carbonyl (C=O) groups excluding carboxylic acids is 1. The molecule has 1 aromatic carbocycles. The number of aromatic amines is 2. The molecule has 1 aliphatic heterocycles. The maximum atomic E-state index is 13.0. The highest BCUT2D eigenvalue weighted by Crippen LogP contribution is 2.32. The van der Waals surface area contributed by atoms with E-state index in [1.54, 1.807) is 20.4 Å². The monoisotopic (exact) mass is 340 g/mol. The molecule has 25 heavy (non-hydrogen) atoms. The van der Waals surface area contributed by atoms with Crippen LogP contribution in [0, 0.1) is 0 Å². The molecular formula is C18H20N4O3. The first kappa shape index (κ1) is 15.6. The van der Waals surface area contributed by atoms with Crippen LogP contribution in [0.15, 0.2) is 24.4 Å². The standard InChI is InChI=1S/C18H20N4O3/c1-24-12-6-15-13(17(7-12)25-2)8-16(20-15)18(23)22-5-3-4-14-11(10-22)9-19-21-14/h6-9,20H,3-5,10H2,1-2H3,(H,19,21). The number of ether oxygens (including phenoxy) is 2. The second-order valence-corrected chi connectivity index (χ2v) is 6.18. The maximum Gasteiger partial charge on any atom is 0.270 e. The molecular weight excluding hydrogens is 320 g/mol. The van der Waals surface area contributed by atoms with Gasteiger partial charge in [0.05, 0.1) is 25.9 Å². The molecule has 3 heterocycles. The van der Waals surface area contributed by atoms with Crippen LogP contribution in [0.5, 0.6) is 11.5 Å². The minimum absolute atomic E-state index is 0.0220. The summed E-state index contributed by atoms with van der Waals surface area (Å²) in [5.41, 5.74) is 3.58. The fraction of sp³-hybridized carbons (Fsp3) is 0.333. The Hall–Kier alpha value is -2.96. The molecule has 0 saturated carbocycles. The molecule has 1 amide bonds. The third kappa shape index (κ3) is 2.71. The summed E-state index contributed by atoms with van der Waals surface area (Å²) in [6.07, 6.45) is 3.63. The van der Waals surface area contributed by atoms with Crippen molar-refractivity contribution in [1.29, 1.82) is 0 Å². The Balaban J connectivity index is 1.68. The van der Waals surface area contributed by atoms with Crippen LogP contribution in [0.1, 0.15) is 28.2 Å². The summed E-state index contributed by atoms with van der Waals surface area (Å²) in [5.74, 6) is 1.34. The highest BCUT2D eigenvalue weighted by atomic mass is 16.5. The van der Waals surface area contributed by atoms with Gasteiger partial charge < -0.3 is 19.4 Å². The first-order valence-corrected chi connectivity index (χ1v) is 8.24. The van der Waals surface area contributed by atoms with Gasteiger partial charge >= 0.3 is 0 Å². The summed E-state index contributed by atoms with van der Waals surface area (Å²) in [6, 6.07) is 5.52.